The number of halogens is 3. The number of benzene rings is 2. The monoisotopic (exact) mass is 413 g/mol. The van der Waals surface area contributed by atoms with E-state index in [-0.39, 0.29) is 11.5 Å². The Kier molecular flexibility index (Phi) is 3.73. The van der Waals surface area contributed by atoms with E-state index < -0.39 is 6.04 Å². The van der Waals surface area contributed by atoms with Gasteiger partial charge in [-0.3, -0.25) is 0 Å². The average Bonchev–Trinajstić information content (AvgIpc) is 2.79. The number of nitrogens with one attached hydrogen (secondary N) is 2. The summed E-state index contributed by atoms with van der Waals surface area (Å²) in [5.41, 5.74) is 8.69. The molecule has 21 heavy (non-hydrogen) atoms. The van der Waals surface area contributed by atoms with E-state index in [9.17, 15) is 9.18 Å². The first-order chi connectivity index (χ1) is 9.97. The third kappa shape index (κ3) is 2.56. The molecule has 1 atom stereocenters. The molecule has 0 fully saturated rings. The molecule has 0 saturated heterocycles. The highest BCUT2D eigenvalue weighted by molar-refractivity contribution is 9.10. The van der Waals surface area contributed by atoms with Crippen molar-refractivity contribution in [3.63, 3.8) is 0 Å². The molecule has 0 aliphatic heterocycles. The number of nitrogens with two attached hydrogens (primary N) is 1. The lowest BCUT2D eigenvalue weighted by atomic mass is 9.99. The van der Waals surface area contributed by atoms with E-state index in [0.29, 0.717) is 21.1 Å². The van der Waals surface area contributed by atoms with Crippen molar-refractivity contribution in [2.24, 2.45) is 5.73 Å². The predicted octanol–water partition coefficient (Wildman–Crippen LogP) is 3.57. The molecule has 108 valence electrons. The van der Waals surface area contributed by atoms with Crippen molar-refractivity contribution in [2.45, 2.75) is 6.04 Å². The van der Waals surface area contributed by atoms with Gasteiger partial charge in [0.1, 0.15) is 5.82 Å². The van der Waals surface area contributed by atoms with Crippen LogP contribution in [-0.2, 0) is 0 Å². The maximum absolute atomic E-state index is 13.6. The molecule has 0 amide bonds. The van der Waals surface area contributed by atoms with Gasteiger partial charge < -0.3 is 15.7 Å². The summed E-state index contributed by atoms with van der Waals surface area (Å²) in [7, 11) is 0. The normalized spacial score (nSPS) is 12.8. The van der Waals surface area contributed by atoms with Gasteiger partial charge in [-0.2, -0.15) is 0 Å². The molecule has 0 saturated carbocycles. The fraction of sp³-hybridized carbons (Fsp3) is 0.0714. The number of aromatic nitrogens is 2. The first kappa shape index (κ1) is 14.5. The molecule has 0 aliphatic rings. The number of imidazole rings is 1. The summed E-state index contributed by atoms with van der Waals surface area (Å²) in [6.07, 6.45) is 0. The number of hydrogen-bond donors (Lipinski definition) is 3. The molecule has 0 spiro atoms. The summed E-state index contributed by atoms with van der Waals surface area (Å²) in [5, 5.41) is 0. The Balaban J connectivity index is 2.16. The van der Waals surface area contributed by atoms with Crippen molar-refractivity contribution in [3.8, 4) is 0 Å². The van der Waals surface area contributed by atoms with Gasteiger partial charge in [-0.1, -0.05) is 28.1 Å². The second-order valence-corrected chi connectivity index (χ2v) is 6.27. The second kappa shape index (κ2) is 5.40. The molecule has 4 nitrogen and oxygen atoms in total. The Labute approximate surface area is 135 Å². The molecule has 0 aliphatic carbocycles. The molecule has 2 aromatic carbocycles. The molecule has 0 bridgehead atoms. The lowest BCUT2D eigenvalue weighted by Gasteiger charge is -2.16. The number of aromatic amines is 2. The highest BCUT2D eigenvalue weighted by atomic mass is 79.9. The first-order valence-corrected chi connectivity index (χ1v) is 7.67. The van der Waals surface area contributed by atoms with Crippen LogP contribution < -0.4 is 11.4 Å². The Hall–Kier alpha value is -1.44. The van der Waals surface area contributed by atoms with Crippen LogP contribution in [0.1, 0.15) is 17.2 Å². The molecule has 1 unspecified atom stereocenters. The quantitative estimate of drug-likeness (QED) is 0.599. The van der Waals surface area contributed by atoms with E-state index in [4.69, 9.17) is 5.73 Å². The molecule has 3 aromatic rings. The summed E-state index contributed by atoms with van der Waals surface area (Å²) in [6, 6.07) is 7.75. The summed E-state index contributed by atoms with van der Waals surface area (Å²) in [6.45, 7) is 0. The minimum absolute atomic E-state index is 0.283. The minimum atomic E-state index is -0.535. The molecule has 0 radical (unpaired) electrons. The van der Waals surface area contributed by atoms with Crippen LogP contribution in [-0.4, -0.2) is 9.97 Å². The van der Waals surface area contributed by atoms with Crippen molar-refractivity contribution in [2.75, 3.05) is 0 Å². The van der Waals surface area contributed by atoms with Crippen LogP contribution in [0.3, 0.4) is 0 Å². The van der Waals surface area contributed by atoms with E-state index in [1.165, 1.54) is 6.07 Å². The SMILES string of the molecule is NC(c1cc2[nH]c(=O)[nH]c2cc1Br)c1cccc(F)c1Br. The van der Waals surface area contributed by atoms with E-state index in [2.05, 4.69) is 41.8 Å². The van der Waals surface area contributed by atoms with Gasteiger partial charge >= 0.3 is 5.69 Å². The predicted molar refractivity (Wildman–Crippen MR) is 86.7 cm³/mol. The Morgan fingerprint density at radius 3 is 2.48 bits per heavy atom. The standard InChI is InChI=1S/C14H10Br2FN3O/c15-8-5-11-10(19-14(21)20-11)4-7(8)13(18)6-2-1-3-9(17)12(6)16/h1-5,13H,18H2,(H2,19,20,21). The maximum atomic E-state index is 13.6. The van der Waals surface area contributed by atoms with Crippen LogP contribution >= 0.6 is 31.9 Å². The van der Waals surface area contributed by atoms with Gasteiger partial charge in [0.15, 0.2) is 0 Å². The Morgan fingerprint density at radius 2 is 1.76 bits per heavy atom. The molecule has 1 aromatic heterocycles. The van der Waals surface area contributed by atoms with Gasteiger partial charge in [0.05, 0.1) is 21.5 Å². The maximum Gasteiger partial charge on any atom is 0.323 e. The number of hydrogen-bond acceptors (Lipinski definition) is 2. The molecule has 1 heterocycles. The van der Waals surface area contributed by atoms with Crippen molar-refractivity contribution in [1.82, 2.24) is 9.97 Å². The van der Waals surface area contributed by atoms with Crippen LogP contribution in [0.25, 0.3) is 11.0 Å². The lowest BCUT2D eigenvalue weighted by molar-refractivity contribution is 0.616. The van der Waals surface area contributed by atoms with Crippen LogP contribution in [0.2, 0.25) is 0 Å². The fourth-order valence-electron chi connectivity index (χ4n) is 2.24. The fourth-order valence-corrected chi connectivity index (χ4v) is 3.34. The smallest absolute Gasteiger partial charge is 0.320 e. The molecule has 7 heteroatoms. The van der Waals surface area contributed by atoms with Crippen molar-refractivity contribution in [1.29, 1.82) is 0 Å². The third-order valence-corrected chi connectivity index (χ3v) is 4.81. The Bertz CT molecular complexity index is 888. The zero-order valence-electron chi connectivity index (χ0n) is 10.6. The van der Waals surface area contributed by atoms with Crippen LogP contribution in [0.4, 0.5) is 4.39 Å². The van der Waals surface area contributed by atoms with E-state index >= 15 is 0 Å². The third-order valence-electron chi connectivity index (χ3n) is 3.28. The van der Waals surface area contributed by atoms with Crippen LogP contribution in [0.15, 0.2) is 44.1 Å². The van der Waals surface area contributed by atoms with Gasteiger partial charge in [-0.15, -0.1) is 0 Å². The largest absolute Gasteiger partial charge is 0.323 e. The highest BCUT2D eigenvalue weighted by Crippen LogP contribution is 2.33. The topological polar surface area (TPSA) is 74.7 Å². The number of H-pyrrole nitrogens is 2. The van der Waals surface area contributed by atoms with Gasteiger partial charge in [0.2, 0.25) is 0 Å². The summed E-state index contributed by atoms with van der Waals surface area (Å²) in [4.78, 5) is 16.7. The second-order valence-electron chi connectivity index (χ2n) is 4.62. The van der Waals surface area contributed by atoms with Gasteiger partial charge in [-0.05, 0) is 45.3 Å². The van der Waals surface area contributed by atoms with E-state index in [0.717, 1.165) is 10.0 Å². The molecule has 3 rings (SSSR count). The van der Waals surface area contributed by atoms with Crippen LogP contribution in [0, 0.1) is 5.82 Å². The first-order valence-electron chi connectivity index (χ1n) is 6.08. The van der Waals surface area contributed by atoms with Gasteiger partial charge in [0, 0.05) is 4.47 Å². The summed E-state index contributed by atoms with van der Waals surface area (Å²) >= 11 is 6.66. The average molecular weight is 415 g/mol. The van der Waals surface area contributed by atoms with Gasteiger partial charge in [0.25, 0.3) is 0 Å². The minimum Gasteiger partial charge on any atom is -0.320 e. The van der Waals surface area contributed by atoms with Gasteiger partial charge in [-0.25, -0.2) is 9.18 Å². The van der Waals surface area contributed by atoms with Crippen molar-refractivity contribution >= 4 is 42.9 Å². The molecular formula is C14H10Br2FN3O. The summed E-state index contributed by atoms with van der Waals surface area (Å²) in [5.74, 6) is -0.366. The summed E-state index contributed by atoms with van der Waals surface area (Å²) < 4.78 is 14.7. The highest BCUT2D eigenvalue weighted by Gasteiger charge is 2.18. The zero-order chi connectivity index (χ0) is 15.1. The molecule has 4 N–H and O–H groups in total. The number of fused-ring (bicyclic) bond motifs is 1. The number of rotatable bonds is 2. The zero-order valence-corrected chi connectivity index (χ0v) is 13.8. The van der Waals surface area contributed by atoms with Crippen molar-refractivity contribution < 1.29 is 4.39 Å². The van der Waals surface area contributed by atoms with Crippen molar-refractivity contribution in [3.05, 3.63) is 66.7 Å². The Morgan fingerprint density at radius 1 is 1.10 bits per heavy atom. The van der Waals surface area contributed by atoms with Crippen LogP contribution in [0.5, 0.6) is 0 Å². The van der Waals surface area contributed by atoms with E-state index in [1.807, 2.05) is 0 Å². The molecular weight excluding hydrogens is 405 g/mol. The van der Waals surface area contributed by atoms with E-state index in [1.54, 1.807) is 24.3 Å². The lowest BCUT2D eigenvalue weighted by Crippen LogP contribution is -2.13.